The van der Waals surface area contributed by atoms with E-state index in [1.807, 2.05) is 6.92 Å². The fourth-order valence-corrected chi connectivity index (χ4v) is 1.31. The summed E-state index contributed by atoms with van der Waals surface area (Å²) in [6, 6.07) is 0. The molecule has 1 saturated heterocycles. The summed E-state index contributed by atoms with van der Waals surface area (Å²) < 4.78 is 16.1. The van der Waals surface area contributed by atoms with E-state index in [1.54, 1.807) is 0 Å². The molecule has 1 rings (SSSR count). The standard InChI is InChI=1S/C9H19NO3/c1-2-12-9(5-10)7-13-8-3-4-11-6-8/h8-9H,2-7,10H2,1H3. The highest BCUT2D eigenvalue weighted by molar-refractivity contribution is 4.65. The van der Waals surface area contributed by atoms with Crippen LogP contribution in [0, 0.1) is 0 Å². The Bertz CT molecular complexity index is 126. The summed E-state index contributed by atoms with van der Waals surface area (Å²) in [7, 11) is 0. The maximum atomic E-state index is 5.58. The summed E-state index contributed by atoms with van der Waals surface area (Å²) in [5, 5.41) is 0. The molecule has 0 bridgehead atoms. The number of nitrogens with two attached hydrogens (primary N) is 1. The van der Waals surface area contributed by atoms with Gasteiger partial charge >= 0.3 is 0 Å². The van der Waals surface area contributed by atoms with Gasteiger partial charge in [-0.3, -0.25) is 0 Å². The average molecular weight is 189 g/mol. The molecule has 78 valence electrons. The van der Waals surface area contributed by atoms with Gasteiger partial charge in [0.1, 0.15) is 0 Å². The van der Waals surface area contributed by atoms with Gasteiger partial charge in [-0.15, -0.1) is 0 Å². The van der Waals surface area contributed by atoms with Crippen molar-refractivity contribution in [1.82, 2.24) is 0 Å². The van der Waals surface area contributed by atoms with Crippen molar-refractivity contribution in [2.45, 2.75) is 25.6 Å². The quantitative estimate of drug-likeness (QED) is 0.646. The van der Waals surface area contributed by atoms with Gasteiger partial charge in [-0.1, -0.05) is 0 Å². The van der Waals surface area contributed by atoms with Gasteiger partial charge in [-0.25, -0.2) is 0 Å². The van der Waals surface area contributed by atoms with Gasteiger partial charge < -0.3 is 19.9 Å². The smallest absolute Gasteiger partial charge is 0.0930 e. The number of ether oxygens (including phenoxy) is 3. The second-order valence-electron chi connectivity index (χ2n) is 3.13. The predicted molar refractivity (Wildman–Crippen MR) is 49.6 cm³/mol. The van der Waals surface area contributed by atoms with E-state index in [9.17, 15) is 0 Å². The SMILES string of the molecule is CCOC(CN)COC1CCOC1. The van der Waals surface area contributed by atoms with E-state index in [-0.39, 0.29) is 12.2 Å². The van der Waals surface area contributed by atoms with Crippen LogP contribution in [0.3, 0.4) is 0 Å². The molecule has 13 heavy (non-hydrogen) atoms. The monoisotopic (exact) mass is 189 g/mol. The van der Waals surface area contributed by atoms with Crippen LogP contribution in [0.2, 0.25) is 0 Å². The van der Waals surface area contributed by atoms with Gasteiger partial charge in [0.2, 0.25) is 0 Å². The molecule has 1 aliphatic heterocycles. The highest BCUT2D eigenvalue weighted by Gasteiger charge is 2.17. The van der Waals surface area contributed by atoms with Crippen molar-refractivity contribution in [3.8, 4) is 0 Å². The molecule has 1 fully saturated rings. The first-order valence-corrected chi connectivity index (χ1v) is 4.87. The molecule has 4 heteroatoms. The van der Waals surface area contributed by atoms with E-state index in [4.69, 9.17) is 19.9 Å². The first-order valence-electron chi connectivity index (χ1n) is 4.87. The van der Waals surface area contributed by atoms with Crippen LogP contribution >= 0.6 is 0 Å². The molecule has 2 unspecified atom stereocenters. The van der Waals surface area contributed by atoms with Gasteiger partial charge in [-0.05, 0) is 13.3 Å². The van der Waals surface area contributed by atoms with Gasteiger partial charge in [0.25, 0.3) is 0 Å². The number of hydrogen-bond acceptors (Lipinski definition) is 4. The lowest BCUT2D eigenvalue weighted by molar-refractivity contribution is -0.0381. The summed E-state index contributed by atoms with van der Waals surface area (Å²) in [5.41, 5.74) is 5.51. The van der Waals surface area contributed by atoms with Crippen LogP contribution in [0.5, 0.6) is 0 Å². The Morgan fingerprint density at radius 3 is 3.00 bits per heavy atom. The van der Waals surface area contributed by atoms with Crippen LogP contribution in [0.15, 0.2) is 0 Å². The van der Waals surface area contributed by atoms with Crippen LogP contribution in [0.4, 0.5) is 0 Å². The second-order valence-corrected chi connectivity index (χ2v) is 3.13. The molecule has 2 atom stereocenters. The highest BCUT2D eigenvalue weighted by atomic mass is 16.6. The van der Waals surface area contributed by atoms with Gasteiger partial charge in [0, 0.05) is 19.8 Å². The molecule has 1 heterocycles. The van der Waals surface area contributed by atoms with Crippen molar-refractivity contribution < 1.29 is 14.2 Å². The zero-order valence-corrected chi connectivity index (χ0v) is 8.20. The summed E-state index contributed by atoms with van der Waals surface area (Å²) in [6.45, 7) is 5.27. The lowest BCUT2D eigenvalue weighted by Crippen LogP contribution is -2.31. The molecule has 0 saturated carbocycles. The summed E-state index contributed by atoms with van der Waals surface area (Å²) in [4.78, 5) is 0. The van der Waals surface area contributed by atoms with Crippen LogP contribution in [0.1, 0.15) is 13.3 Å². The minimum atomic E-state index is 0.0330. The van der Waals surface area contributed by atoms with E-state index < -0.39 is 0 Å². The molecule has 0 radical (unpaired) electrons. The van der Waals surface area contributed by atoms with Crippen molar-refractivity contribution in [3.63, 3.8) is 0 Å². The first kappa shape index (κ1) is 10.9. The van der Waals surface area contributed by atoms with Crippen LogP contribution in [-0.4, -0.2) is 45.2 Å². The molecular weight excluding hydrogens is 170 g/mol. The highest BCUT2D eigenvalue weighted by Crippen LogP contribution is 2.08. The Labute approximate surface area is 79.3 Å². The second kappa shape index (κ2) is 6.32. The molecule has 0 spiro atoms. The minimum absolute atomic E-state index is 0.0330. The minimum Gasteiger partial charge on any atom is -0.379 e. The van der Waals surface area contributed by atoms with Crippen LogP contribution < -0.4 is 5.73 Å². The topological polar surface area (TPSA) is 53.7 Å². The largest absolute Gasteiger partial charge is 0.379 e. The molecule has 2 N–H and O–H groups in total. The van der Waals surface area contributed by atoms with Crippen LogP contribution in [0.25, 0.3) is 0 Å². The first-order chi connectivity index (χ1) is 6.36. The Morgan fingerprint density at radius 1 is 1.62 bits per heavy atom. The zero-order chi connectivity index (χ0) is 9.52. The number of hydrogen-bond donors (Lipinski definition) is 1. The molecule has 4 nitrogen and oxygen atoms in total. The third kappa shape index (κ3) is 4.04. The Morgan fingerprint density at radius 2 is 2.46 bits per heavy atom. The van der Waals surface area contributed by atoms with Crippen molar-refractivity contribution in [2.24, 2.45) is 5.73 Å². The Hall–Kier alpha value is -0.160. The summed E-state index contributed by atoms with van der Waals surface area (Å²) >= 11 is 0. The molecule has 0 aromatic carbocycles. The third-order valence-electron chi connectivity index (χ3n) is 2.07. The van der Waals surface area contributed by atoms with E-state index in [1.165, 1.54) is 0 Å². The normalized spacial score (nSPS) is 24.9. The zero-order valence-electron chi connectivity index (χ0n) is 8.20. The van der Waals surface area contributed by atoms with Gasteiger partial charge in [0.05, 0.1) is 25.4 Å². The molecule has 1 aliphatic rings. The van der Waals surface area contributed by atoms with Crippen LogP contribution in [-0.2, 0) is 14.2 Å². The van der Waals surface area contributed by atoms with Crippen molar-refractivity contribution >= 4 is 0 Å². The maximum absolute atomic E-state index is 5.58. The molecule has 0 aromatic heterocycles. The van der Waals surface area contributed by atoms with Crippen molar-refractivity contribution in [2.75, 3.05) is 33.0 Å². The van der Waals surface area contributed by atoms with Gasteiger partial charge in [-0.2, -0.15) is 0 Å². The van der Waals surface area contributed by atoms with Crippen molar-refractivity contribution in [1.29, 1.82) is 0 Å². The number of rotatable bonds is 6. The molecule has 0 aliphatic carbocycles. The lowest BCUT2D eigenvalue weighted by atomic mass is 10.3. The Balaban J connectivity index is 2.07. The molecule has 0 amide bonds. The van der Waals surface area contributed by atoms with E-state index >= 15 is 0 Å². The van der Waals surface area contributed by atoms with Gasteiger partial charge in [0.15, 0.2) is 0 Å². The van der Waals surface area contributed by atoms with E-state index in [0.29, 0.717) is 26.4 Å². The fourth-order valence-electron chi connectivity index (χ4n) is 1.31. The molecular formula is C9H19NO3. The third-order valence-corrected chi connectivity index (χ3v) is 2.07. The predicted octanol–water partition coefficient (Wildman–Crippen LogP) is 0.156. The maximum Gasteiger partial charge on any atom is 0.0930 e. The van der Waals surface area contributed by atoms with Crippen molar-refractivity contribution in [3.05, 3.63) is 0 Å². The summed E-state index contributed by atoms with van der Waals surface area (Å²) in [5.74, 6) is 0. The average Bonchev–Trinajstić information content (AvgIpc) is 2.64. The lowest BCUT2D eigenvalue weighted by Gasteiger charge is -2.17. The molecule has 0 aromatic rings. The van der Waals surface area contributed by atoms with E-state index in [2.05, 4.69) is 0 Å². The fraction of sp³-hybridized carbons (Fsp3) is 1.00. The summed E-state index contributed by atoms with van der Waals surface area (Å²) in [6.07, 6.45) is 1.27. The Kier molecular flexibility index (Phi) is 5.31. The van der Waals surface area contributed by atoms with E-state index in [0.717, 1.165) is 13.0 Å².